The summed E-state index contributed by atoms with van der Waals surface area (Å²) >= 11 is 0. The molecule has 7 heteroatoms. The lowest BCUT2D eigenvalue weighted by atomic mass is 10.1. The molecule has 1 aliphatic rings. The van der Waals surface area contributed by atoms with Gasteiger partial charge in [-0.3, -0.25) is 14.3 Å². The second kappa shape index (κ2) is 6.25. The molecule has 1 aromatic carbocycles. The quantitative estimate of drug-likeness (QED) is 0.725. The summed E-state index contributed by atoms with van der Waals surface area (Å²) in [5.74, 6) is 0.367. The maximum absolute atomic E-state index is 12.9. The third-order valence-electron chi connectivity index (χ3n) is 4.67. The Balaban J connectivity index is 1.49. The summed E-state index contributed by atoms with van der Waals surface area (Å²) in [5, 5.41) is 0. The lowest BCUT2D eigenvalue weighted by molar-refractivity contribution is 0.0621. The molecule has 0 atom stereocenters. The van der Waals surface area contributed by atoms with Gasteiger partial charge in [0.05, 0.1) is 23.9 Å². The zero-order valence-corrected chi connectivity index (χ0v) is 14.0. The molecule has 0 radical (unpaired) electrons. The predicted molar refractivity (Wildman–Crippen MR) is 91.3 cm³/mol. The van der Waals surface area contributed by atoms with Gasteiger partial charge in [-0.15, -0.1) is 0 Å². The number of hydrogen-bond donors (Lipinski definition) is 0. The first-order chi connectivity index (χ1) is 12.1. The second-order valence-electron chi connectivity index (χ2n) is 6.23. The fourth-order valence-corrected chi connectivity index (χ4v) is 3.22. The van der Waals surface area contributed by atoms with Gasteiger partial charge in [0.2, 0.25) is 0 Å². The Morgan fingerprint density at radius 2 is 1.92 bits per heavy atom. The molecule has 7 nitrogen and oxygen atoms in total. The minimum Gasteiger partial charge on any atom is -0.468 e. The van der Waals surface area contributed by atoms with E-state index in [2.05, 4.69) is 4.90 Å². The Hall–Kier alpha value is -2.80. The first kappa shape index (κ1) is 15.7. The van der Waals surface area contributed by atoms with Crippen LogP contribution in [-0.4, -0.2) is 46.5 Å². The maximum Gasteiger partial charge on any atom is 0.419 e. The molecule has 1 saturated heterocycles. The molecule has 3 aromatic rings. The van der Waals surface area contributed by atoms with E-state index in [9.17, 15) is 9.59 Å². The zero-order valence-electron chi connectivity index (χ0n) is 14.0. The van der Waals surface area contributed by atoms with E-state index in [1.54, 1.807) is 36.4 Å². The van der Waals surface area contributed by atoms with Gasteiger partial charge in [0.15, 0.2) is 5.58 Å². The number of nitrogens with zero attached hydrogens (tertiary/aromatic N) is 3. The Morgan fingerprint density at radius 1 is 1.12 bits per heavy atom. The average Bonchev–Trinajstić information content (AvgIpc) is 3.24. The van der Waals surface area contributed by atoms with Gasteiger partial charge in [0.1, 0.15) is 5.76 Å². The SMILES string of the molecule is Cn1c(=O)oc2c(C(=O)N3CCN(Cc4ccco4)CC3)cccc21. The van der Waals surface area contributed by atoms with Gasteiger partial charge < -0.3 is 13.7 Å². The highest BCUT2D eigenvalue weighted by molar-refractivity contribution is 6.04. The Kier molecular flexibility index (Phi) is 3.93. The van der Waals surface area contributed by atoms with Crippen molar-refractivity contribution < 1.29 is 13.6 Å². The summed E-state index contributed by atoms with van der Waals surface area (Å²) < 4.78 is 12.1. The van der Waals surface area contributed by atoms with Gasteiger partial charge in [0.25, 0.3) is 5.91 Å². The smallest absolute Gasteiger partial charge is 0.419 e. The van der Waals surface area contributed by atoms with Gasteiger partial charge in [-0.05, 0) is 24.3 Å². The monoisotopic (exact) mass is 341 g/mol. The van der Waals surface area contributed by atoms with Crippen LogP contribution in [0.4, 0.5) is 0 Å². The highest BCUT2D eigenvalue weighted by atomic mass is 16.4. The molecule has 3 heterocycles. The van der Waals surface area contributed by atoms with Crippen molar-refractivity contribution in [1.29, 1.82) is 0 Å². The summed E-state index contributed by atoms with van der Waals surface area (Å²) in [6, 6.07) is 9.10. The van der Waals surface area contributed by atoms with Crippen LogP contribution in [0.2, 0.25) is 0 Å². The van der Waals surface area contributed by atoms with E-state index in [0.29, 0.717) is 29.8 Å². The molecule has 1 aliphatic heterocycles. The first-order valence-electron chi connectivity index (χ1n) is 8.26. The third-order valence-corrected chi connectivity index (χ3v) is 4.67. The molecule has 0 bridgehead atoms. The Bertz CT molecular complexity index is 947. The molecule has 1 amide bonds. The van der Waals surface area contributed by atoms with Crippen molar-refractivity contribution in [3.8, 4) is 0 Å². The number of carbonyl (C=O) groups excluding carboxylic acids is 1. The van der Waals surface area contributed by atoms with Crippen molar-refractivity contribution >= 4 is 17.0 Å². The summed E-state index contributed by atoms with van der Waals surface area (Å²) in [5.41, 5.74) is 1.43. The van der Waals surface area contributed by atoms with Crippen LogP contribution in [0.1, 0.15) is 16.1 Å². The predicted octanol–water partition coefficient (Wildman–Crippen LogP) is 1.68. The Morgan fingerprint density at radius 3 is 2.64 bits per heavy atom. The van der Waals surface area contributed by atoms with E-state index in [-0.39, 0.29) is 5.91 Å². The largest absolute Gasteiger partial charge is 0.468 e. The molecule has 0 spiro atoms. The number of benzene rings is 1. The molecule has 2 aromatic heterocycles. The fourth-order valence-electron chi connectivity index (χ4n) is 3.22. The number of carbonyl (C=O) groups is 1. The highest BCUT2D eigenvalue weighted by Gasteiger charge is 2.25. The number of piperazine rings is 1. The molecule has 0 unspecified atom stereocenters. The number of oxazole rings is 1. The van der Waals surface area contributed by atoms with Crippen LogP contribution in [0.3, 0.4) is 0 Å². The summed E-state index contributed by atoms with van der Waals surface area (Å²) in [7, 11) is 1.63. The van der Waals surface area contributed by atoms with Crippen LogP contribution >= 0.6 is 0 Å². The van der Waals surface area contributed by atoms with Gasteiger partial charge >= 0.3 is 5.76 Å². The molecule has 25 heavy (non-hydrogen) atoms. The molecule has 0 saturated carbocycles. The highest BCUT2D eigenvalue weighted by Crippen LogP contribution is 2.20. The summed E-state index contributed by atoms with van der Waals surface area (Å²) in [6.45, 7) is 3.57. The minimum absolute atomic E-state index is 0.0994. The molecular formula is C18H19N3O4. The van der Waals surface area contributed by atoms with E-state index < -0.39 is 5.76 Å². The van der Waals surface area contributed by atoms with E-state index >= 15 is 0 Å². The van der Waals surface area contributed by atoms with Crippen LogP contribution < -0.4 is 5.76 Å². The van der Waals surface area contributed by atoms with E-state index in [1.807, 2.05) is 12.1 Å². The molecule has 1 fully saturated rings. The summed E-state index contributed by atoms with van der Waals surface area (Å²) in [6.07, 6.45) is 1.67. The van der Waals surface area contributed by atoms with E-state index in [4.69, 9.17) is 8.83 Å². The number of aryl methyl sites for hydroxylation is 1. The van der Waals surface area contributed by atoms with Crippen molar-refractivity contribution in [3.05, 3.63) is 58.5 Å². The fraction of sp³-hybridized carbons (Fsp3) is 0.333. The van der Waals surface area contributed by atoms with Crippen LogP contribution in [-0.2, 0) is 13.6 Å². The second-order valence-corrected chi connectivity index (χ2v) is 6.23. The van der Waals surface area contributed by atoms with Crippen LogP contribution in [0.25, 0.3) is 11.1 Å². The average molecular weight is 341 g/mol. The number of furan rings is 1. The molecule has 4 rings (SSSR count). The number of amides is 1. The normalized spacial score (nSPS) is 15.8. The topological polar surface area (TPSA) is 71.8 Å². The van der Waals surface area contributed by atoms with Crippen LogP contribution in [0, 0.1) is 0 Å². The number of para-hydroxylation sites is 1. The van der Waals surface area contributed by atoms with Crippen molar-refractivity contribution in [2.24, 2.45) is 7.05 Å². The zero-order chi connectivity index (χ0) is 17.4. The number of aromatic nitrogens is 1. The van der Waals surface area contributed by atoms with Crippen molar-refractivity contribution in [2.45, 2.75) is 6.54 Å². The molecule has 130 valence electrons. The lowest BCUT2D eigenvalue weighted by Gasteiger charge is -2.34. The third kappa shape index (κ3) is 2.87. The van der Waals surface area contributed by atoms with Crippen LogP contribution in [0.15, 0.2) is 50.2 Å². The lowest BCUT2D eigenvalue weighted by Crippen LogP contribution is -2.48. The Labute approximate surface area is 144 Å². The number of fused-ring (bicyclic) bond motifs is 1. The molecule has 0 aliphatic carbocycles. The van der Waals surface area contributed by atoms with Crippen molar-refractivity contribution in [1.82, 2.24) is 14.4 Å². The number of rotatable bonds is 3. The van der Waals surface area contributed by atoms with E-state index in [1.165, 1.54) is 4.57 Å². The van der Waals surface area contributed by atoms with Gasteiger partial charge in [0, 0.05) is 33.2 Å². The molecule has 0 N–H and O–H groups in total. The molecular weight excluding hydrogens is 322 g/mol. The standard InChI is InChI=1S/C18H19N3O4/c1-19-15-6-2-5-14(16(15)25-18(19)23)17(22)21-9-7-20(8-10-21)12-13-4-3-11-24-13/h2-6,11H,7-10,12H2,1H3. The number of hydrogen-bond acceptors (Lipinski definition) is 5. The van der Waals surface area contributed by atoms with Gasteiger partial charge in [-0.1, -0.05) is 6.07 Å². The maximum atomic E-state index is 12.9. The van der Waals surface area contributed by atoms with Gasteiger partial charge in [-0.2, -0.15) is 0 Å². The van der Waals surface area contributed by atoms with Gasteiger partial charge in [-0.25, -0.2) is 4.79 Å². The first-order valence-corrected chi connectivity index (χ1v) is 8.26. The van der Waals surface area contributed by atoms with Crippen molar-refractivity contribution in [2.75, 3.05) is 26.2 Å². The summed E-state index contributed by atoms with van der Waals surface area (Å²) in [4.78, 5) is 28.7. The van der Waals surface area contributed by atoms with E-state index in [0.717, 1.165) is 25.4 Å². The minimum atomic E-state index is -0.460. The van der Waals surface area contributed by atoms with Crippen LogP contribution in [0.5, 0.6) is 0 Å². The van der Waals surface area contributed by atoms with Crippen molar-refractivity contribution in [3.63, 3.8) is 0 Å².